The molecule has 0 amide bonds. The fourth-order valence-electron chi connectivity index (χ4n) is 1.56. The van der Waals surface area contributed by atoms with Crippen molar-refractivity contribution >= 4 is 16.7 Å². The zero-order valence-electron chi connectivity index (χ0n) is 9.24. The Bertz CT molecular complexity index is 435. The summed E-state index contributed by atoms with van der Waals surface area (Å²) in [6.07, 6.45) is 0.352. The van der Waals surface area contributed by atoms with Gasteiger partial charge >= 0.3 is 27.7 Å². The molecule has 0 saturated carbocycles. The number of fused-ring (bicyclic) bond motifs is 1. The minimum Gasteiger partial charge on any atom is -1.00 e. The molecule has 0 aliphatic rings. The van der Waals surface area contributed by atoms with Gasteiger partial charge in [0.2, 0.25) is 0 Å². The summed E-state index contributed by atoms with van der Waals surface area (Å²) in [5.41, 5.74) is 1.01. The number of ether oxygens (including phenoxy) is 1. The second-order valence-corrected chi connectivity index (χ2v) is 3.25. The van der Waals surface area contributed by atoms with E-state index in [4.69, 9.17) is 0 Å². The largest absolute Gasteiger partial charge is 3.00 e. The van der Waals surface area contributed by atoms with E-state index in [0.29, 0.717) is 6.42 Å². The third-order valence-electron chi connectivity index (χ3n) is 2.25. The molecule has 17 heavy (non-hydrogen) atoms. The molecule has 0 atom stereocenters. The van der Waals surface area contributed by atoms with Gasteiger partial charge in [-0.05, 0) is 0 Å². The summed E-state index contributed by atoms with van der Waals surface area (Å²) >= 11 is 0. The molecule has 0 saturated heterocycles. The van der Waals surface area contributed by atoms with Crippen molar-refractivity contribution in [2.24, 2.45) is 0 Å². The van der Waals surface area contributed by atoms with E-state index in [1.165, 1.54) is 17.9 Å². The maximum atomic E-state index is 11.0. The van der Waals surface area contributed by atoms with Gasteiger partial charge in [0.05, 0.1) is 13.5 Å². The second-order valence-electron chi connectivity index (χ2n) is 3.25. The summed E-state index contributed by atoms with van der Waals surface area (Å²) < 4.78 is 4.61. The van der Waals surface area contributed by atoms with Crippen LogP contribution in [0.15, 0.2) is 36.4 Å². The summed E-state index contributed by atoms with van der Waals surface area (Å²) in [7, 11) is 1.41. The Balaban J connectivity index is 0. The molecule has 2 nitrogen and oxygen atoms in total. The number of methoxy groups -OCH3 is 1. The number of rotatable bonds is 2. The van der Waals surface area contributed by atoms with Crippen LogP contribution in [0.25, 0.3) is 10.8 Å². The first-order valence-electron chi connectivity index (χ1n) is 4.51. The fraction of sp³-hybridized carbons (Fsp3) is 0.167. The molecule has 0 unspecified atom stereocenters. The Labute approximate surface area is 128 Å². The van der Waals surface area contributed by atoms with Crippen molar-refractivity contribution in [2.45, 2.75) is 6.42 Å². The van der Waals surface area contributed by atoms with Gasteiger partial charge in [0, 0.05) is 0 Å². The number of carbonyl (C=O) groups excluding carboxylic acids is 1. The number of esters is 1. The first-order chi connectivity index (χ1) is 6.79. The first kappa shape index (κ1) is 18.9. The molecule has 0 fully saturated rings. The molecule has 0 aromatic heterocycles. The van der Waals surface area contributed by atoms with Crippen LogP contribution in [0.3, 0.4) is 0 Å². The van der Waals surface area contributed by atoms with Crippen LogP contribution >= 0.6 is 0 Å². The van der Waals surface area contributed by atoms with E-state index >= 15 is 0 Å². The molecule has 0 bridgehead atoms. The molecule has 1 radical (unpaired) electrons. The van der Waals surface area contributed by atoms with E-state index in [1.54, 1.807) is 0 Å². The Morgan fingerprint density at radius 3 is 2.53 bits per heavy atom. The Hall–Kier alpha value is -0.406. The summed E-state index contributed by atoms with van der Waals surface area (Å²) in [6, 6.07) is 12.1. The zero-order valence-corrected chi connectivity index (χ0v) is 12.3. The average molecular weight is 306 g/mol. The minimum absolute atomic E-state index is 0. The number of benzene rings is 1. The Morgan fingerprint density at radius 1 is 1.29 bits per heavy atom. The molecule has 2 rings (SSSR count). The van der Waals surface area contributed by atoms with Crippen LogP contribution < -0.4 is 24.8 Å². The Kier molecular flexibility index (Phi) is 9.64. The molecular weight excluding hydrogens is 295 g/mol. The molecule has 2 aromatic carbocycles. The molecule has 89 valence electrons. The molecular formula is C12H11Cl2O2Ti. The maximum absolute atomic E-state index is 11.0. The van der Waals surface area contributed by atoms with E-state index in [0.717, 1.165) is 5.56 Å². The second kappa shape index (κ2) is 8.65. The van der Waals surface area contributed by atoms with E-state index in [1.807, 2.05) is 36.4 Å². The van der Waals surface area contributed by atoms with Crippen molar-refractivity contribution in [2.75, 3.05) is 7.11 Å². The fourth-order valence-corrected chi connectivity index (χ4v) is 1.56. The molecule has 0 N–H and O–H groups in total. The standard InChI is InChI=1S/C12H11O2.2ClH.Ti/c1-14-12(13)8-9-6-10-4-2-3-5-11(10)7-9;;;/h2-7H,8H2,1H3;2*1H;/q-1;;;+3/p-2. The van der Waals surface area contributed by atoms with Crippen molar-refractivity contribution in [3.63, 3.8) is 0 Å². The van der Waals surface area contributed by atoms with Gasteiger partial charge in [-0.2, -0.15) is 6.07 Å². The predicted octanol–water partition coefficient (Wildman–Crippen LogP) is -3.72. The van der Waals surface area contributed by atoms with E-state index in [-0.39, 0.29) is 52.5 Å². The molecule has 0 spiro atoms. The topological polar surface area (TPSA) is 26.3 Å². The van der Waals surface area contributed by atoms with Crippen molar-refractivity contribution < 1.29 is 56.1 Å². The Morgan fingerprint density at radius 2 is 1.94 bits per heavy atom. The zero-order chi connectivity index (χ0) is 9.97. The number of carbonyl (C=O) groups is 1. The van der Waals surface area contributed by atoms with Crippen molar-refractivity contribution in [3.8, 4) is 0 Å². The number of halogens is 2. The normalized spacial score (nSPS) is 8.53. The van der Waals surface area contributed by atoms with E-state index in [9.17, 15) is 4.79 Å². The third kappa shape index (κ3) is 4.76. The summed E-state index contributed by atoms with van der Waals surface area (Å²) in [4.78, 5) is 11.0. The van der Waals surface area contributed by atoms with E-state index < -0.39 is 0 Å². The smallest absolute Gasteiger partial charge is 1.00 e. The molecule has 0 aliphatic heterocycles. The third-order valence-corrected chi connectivity index (χ3v) is 2.25. The van der Waals surface area contributed by atoms with Gasteiger partial charge in [-0.25, -0.2) is 0 Å². The monoisotopic (exact) mass is 305 g/mol. The van der Waals surface area contributed by atoms with Crippen LogP contribution in [0.5, 0.6) is 0 Å². The summed E-state index contributed by atoms with van der Waals surface area (Å²) in [5.74, 6) is -0.194. The van der Waals surface area contributed by atoms with Gasteiger partial charge in [0.15, 0.2) is 0 Å². The van der Waals surface area contributed by atoms with Gasteiger partial charge in [-0.1, -0.05) is 6.07 Å². The quantitative estimate of drug-likeness (QED) is 0.324. The van der Waals surface area contributed by atoms with Crippen LogP contribution in [0.2, 0.25) is 0 Å². The van der Waals surface area contributed by atoms with Crippen LogP contribution in [-0.2, 0) is 37.7 Å². The van der Waals surface area contributed by atoms with E-state index in [2.05, 4.69) is 4.74 Å². The van der Waals surface area contributed by atoms with Gasteiger partial charge in [0.25, 0.3) is 0 Å². The number of hydrogen-bond acceptors (Lipinski definition) is 2. The van der Waals surface area contributed by atoms with Crippen LogP contribution in [0.4, 0.5) is 0 Å². The molecule has 0 heterocycles. The van der Waals surface area contributed by atoms with Crippen molar-refractivity contribution in [1.29, 1.82) is 0 Å². The molecule has 2 aromatic rings. The van der Waals surface area contributed by atoms with Gasteiger partial charge < -0.3 is 29.6 Å². The molecule has 5 heteroatoms. The summed E-state index contributed by atoms with van der Waals surface area (Å²) in [6.45, 7) is 0. The van der Waals surface area contributed by atoms with Crippen LogP contribution in [0.1, 0.15) is 5.56 Å². The predicted molar refractivity (Wildman–Crippen MR) is 55.3 cm³/mol. The minimum atomic E-state index is -0.194. The summed E-state index contributed by atoms with van der Waals surface area (Å²) in [5, 5.41) is 2.35. The van der Waals surface area contributed by atoms with Crippen LogP contribution in [0, 0.1) is 0 Å². The van der Waals surface area contributed by atoms with Gasteiger partial charge in [-0.15, -0.1) is 40.6 Å². The SMILES string of the molecule is COC(=O)Cc1cc2ccccc2[cH-]1.[Cl-].[Cl-].[Ti+3]. The van der Waals surface area contributed by atoms with Gasteiger partial charge in [-0.3, -0.25) is 4.79 Å². The maximum Gasteiger partial charge on any atom is 3.00 e. The van der Waals surface area contributed by atoms with Crippen molar-refractivity contribution in [3.05, 3.63) is 42.0 Å². The van der Waals surface area contributed by atoms with Crippen LogP contribution in [-0.4, -0.2) is 13.1 Å². The van der Waals surface area contributed by atoms with Crippen molar-refractivity contribution in [1.82, 2.24) is 0 Å². The molecule has 0 aliphatic carbocycles. The van der Waals surface area contributed by atoms with Gasteiger partial charge in [0.1, 0.15) is 0 Å². The number of hydrogen-bond donors (Lipinski definition) is 0. The first-order valence-corrected chi connectivity index (χ1v) is 4.51. The average Bonchev–Trinajstić information content (AvgIpc) is 2.59.